The first-order chi connectivity index (χ1) is 19.9. The van der Waals surface area contributed by atoms with Gasteiger partial charge in [0, 0.05) is 41.2 Å². The molecule has 5 rings (SSSR count). The highest BCUT2D eigenvalue weighted by Gasteiger charge is 2.43. The van der Waals surface area contributed by atoms with E-state index in [0.717, 1.165) is 25.0 Å². The molecule has 0 aliphatic heterocycles. The van der Waals surface area contributed by atoms with Gasteiger partial charge in [-0.25, -0.2) is 0 Å². The summed E-state index contributed by atoms with van der Waals surface area (Å²) in [5.41, 5.74) is 8.93. The quantitative estimate of drug-likeness (QED) is 0.179. The van der Waals surface area contributed by atoms with Crippen LogP contribution in [0, 0.1) is 17.8 Å². The van der Waals surface area contributed by atoms with Crippen molar-refractivity contribution in [2.75, 3.05) is 7.11 Å². The van der Waals surface area contributed by atoms with E-state index in [1.54, 1.807) is 0 Å². The normalized spacial score (nSPS) is 15.8. The van der Waals surface area contributed by atoms with E-state index in [-0.39, 0.29) is 28.5 Å². The van der Waals surface area contributed by atoms with E-state index in [1.807, 2.05) is 11.8 Å². The Bertz CT molecular complexity index is 1600. The molecule has 0 radical (unpaired) electrons. The number of aromatic nitrogens is 1. The third-order valence-corrected chi connectivity index (χ3v) is 10.5. The van der Waals surface area contributed by atoms with E-state index < -0.39 is 0 Å². The van der Waals surface area contributed by atoms with Crippen molar-refractivity contribution in [3.8, 4) is 22.4 Å². The van der Waals surface area contributed by atoms with Gasteiger partial charge >= 0.3 is 0 Å². The summed E-state index contributed by atoms with van der Waals surface area (Å²) in [6.45, 7) is 20.8. The summed E-state index contributed by atoms with van der Waals surface area (Å²) in [7, 11) is 1.85. The molecule has 0 bridgehead atoms. The van der Waals surface area contributed by atoms with Gasteiger partial charge in [0.2, 0.25) is 6.20 Å². The van der Waals surface area contributed by atoms with Crippen LogP contribution in [0.1, 0.15) is 91.3 Å². The fourth-order valence-electron chi connectivity index (χ4n) is 6.94. The molecule has 42 heavy (non-hydrogen) atoms. The number of ether oxygens (including phenoxy) is 1. The SMILES string of the molecule is CCC(C)(C)C(CC(O[n+]1ccccc1-c1c(C)ccc2c1C(C)(C)c1c-2ccc2ccccc12)C(C)(C)CC)OC. The van der Waals surface area contributed by atoms with E-state index in [0.29, 0.717) is 0 Å². The molecule has 0 saturated carbocycles. The lowest BCUT2D eigenvalue weighted by molar-refractivity contribution is -0.893. The molecule has 4 aromatic rings. The zero-order chi connectivity index (χ0) is 30.4. The van der Waals surface area contributed by atoms with Crippen LogP contribution in [-0.4, -0.2) is 19.3 Å². The number of nitrogens with zero attached hydrogens (tertiary/aromatic N) is 1. The number of benzene rings is 3. The van der Waals surface area contributed by atoms with Crippen LogP contribution in [0.25, 0.3) is 33.2 Å². The zero-order valence-electron chi connectivity index (χ0n) is 27.5. The maximum atomic E-state index is 7.09. The molecule has 3 nitrogen and oxygen atoms in total. The van der Waals surface area contributed by atoms with Crippen LogP contribution in [0.15, 0.2) is 72.9 Å². The van der Waals surface area contributed by atoms with E-state index in [9.17, 15) is 0 Å². The molecule has 2 atom stereocenters. The van der Waals surface area contributed by atoms with E-state index >= 15 is 0 Å². The van der Waals surface area contributed by atoms with Crippen molar-refractivity contribution in [1.82, 2.24) is 0 Å². The minimum absolute atomic E-state index is 0.0318. The molecule has 0 spiro atoms. The van der Waals surface area contributed by atoms with E-state index in [4.69, 9.17) is 9.57 Å². The van der Waals surface area contributed by atoms with Gasteiger partial charge in [-0.3, -0.25) is 4.84 Å². The Hall–Kier alpha value is -3.17. The second kappa shape index (κ2) is 11.2. The van der Waals surface area contributed by atoms with Crippen molar-refractivity contribution in [3.63, 3.8) is 0 Å². The second-order valence-electron chi connectivity index (χ2n) is 14.2. The number of hydrogen-bond donors (Lipinski definition) is 0. The van der Waals surface area contributed by atoms with Gasteiger partial charge in [-0.2, -0.15) is 0 Å². The molecule has 3 heteroatoms. The summed E-state index contributed by atoms with van der Waals surface area (Å²) in [4.78, 5) is 7.09. The molecule has 0 N–H and O–H groups in total. The Balaban J connectivity index is 1.65. The van der Waals surface area contributed by atoms with Crippen molar-refractivity contribution in [1.29, 1.82) is 0 Å². The highest BCUT2D eigenvalue weighted by atomic mass is 16.7. The monoisotopic (exact) mass is 564 g/mol. The minimum Gasteiger partial charge on any atom is -0.381 e. The summed E-state index contributed by atoms with van der Waals surface area (Å²) < 4.78 is 8.17. The smallest absolute Gasteiger partial charge is 0.265 e. The molecule has 1 aromatic heterocycles. The molecule has 1 aliphatic rings. The third kappa shape index (κ3) is 5.04. The molecule has 1 aliphatic carbocycles. The minimum atomic E-state index is -0.172. The van der Waals surface area contributed by atoms with Crippen LogP contribution in [-0.2, 0) is 10.2 Å². The first-order valence-electron chi connectivity index (χ1n) is 15.7. The molecular weight excluding hydrogens is 514 g/mol. The van der Waals surface area contributed by atoms with Gasteiger partial charge in [-0.1, -0.05) is 104 Å². The van der Waals surface area contributed by atoms with Gasteiger partial charge in [0.05, 0.1) is 11.7 Å². The Kier molecular flexibility index (Phi) is 8.04. The predicted molar refractivity (Wildman–Crippen MR) is 176 cm³/mol. The molecule has 3 aromatic carbocycles. The molecule has 0 fully saturated rings. The largest absolute Gasteiger partial charge is 0.381 e. The van der Waals surface area contributed by atoms with Crippen molar-refractivity contribution >= 4 is 10.8 Å². The van der Waals surface area contributed by atoms with Gasteiger partial charge in [-0.15, -0.1) is 0 Å². The summed E-state index contributed by atoms with van der Waals surface area (Å²) >= 11 is 0. The van der Waals surface area contributed by atoms with E-state index in [2.05, 4.69) is 135 Å². The lowest BCUT2D eigenvalue weighted by atomic mass is 9.75. The summed E-state index contributed by atoms with van der Waals surface area (Å²) in [6.07, 6.45) is 5.04. The van der Waals surface area contributed by atoms with Crippen LogP contribution >= 0.6 is 0 Å². The zero-order valence-corrected chi connectivity index (χ0v) is 27.5. The molecular formula is C39H50NO2+. The average molecular weight is 565 g/mol. The molecule has 0 amide bonds. The van der Waals surface area contributed by atoms with Crippen molar-refractivity contribution in [3.05, 3.63) is 89.6 Å². The van der Waals surface area contributed by atoms with Gasteiger partial charge in [-0.05, 0) is 69.8 Å². The molecule has 222 valence electrons. The highest BCUT2D eigenvalue weighted by molar-refractivity contribution is 5.99. The third-order valence-electron chi connectivity index (χ3n) is 10.5. The Morgan fingerprint density at radius 3 is 2.07 bits per heavy atom. The first-order valence-corrected chi connectivity index (χ1v) is 15.7. The number of aryl methyl sites for hydroxylation is 1. The standard InChI is InChI=1S/C39H50NO2/c1-11-37(4,5)32(41-10)25-33(38(6,7)12-2)42-40-24-16-15-19-31(40)34-26(3)20-22-30-29-23-21-27-17-13-14-18-28(27)35(29)39(8,9)36(30)34/h13-24,32-33H,11-12,25H2,1-10H3/q+1. The van der Waals surface area contributed by atoms with Crippen LogP contribution in [0.2, 0.25) is 0 Å². The number of pyridine rings is 1. The summed E-state index contributed by atoms with van der Waals surface area (Å²) in [5.74, 6) is 0. The fourth-order valence-corrected chi connectivity index (χ4v) is 6.94. The molecule has 2 unspecified atom stereocenters. The summed E-state index contributed by atoms with van der Waals surface area (Å²) in [6, 6.07) is 24.4. The number of hydrogen-bond acceptors (Lipinski definition) is 2. The number of fused-ring (bicyclic) bond motifs is 5. The van der Waals surface area contributed by atoms with Crippen LogP contribution in [0.4, 0.5) is 0 Å². The maximum absolute atomic E-state index is 7.09. The van der Waals surface area contributed by atoms with Gasteiger partial charge in [0.25, 0.3) is 5.69 Å². The van der Waals surface area contributed by atoms with Gasteiger partial charge in [0.15, 0.2) is 6.10 Å². The van der Waals surface area contributed by atoms with Crippen molar-refractivity contribution in [2.24, 2.45) is 10.8 Å². The van der Waals surface area contributed by atoms with E-state index in [1.165, 1.54) is 44.2 Å². The number of rotatable bonds is 10. The molecule has 1 heterocycles. The Morgan fingerprint density at radius 2 is 1.38 bits per heavy atom. The number of methoxy groups -OCH3 is 1. The van der Waals surface area contributed by atoms with Gasteiger partial charge in [0.1, 0.15) is 0 Å². The maximum Gasteiger partial charge on any atom is 0.265 e. The fraction of sp³-hybridized carbons (Fsp3) is 0.462. The Labute approximate surface area is 253 Å². The lowest BCUT2D eigenvalue weighted by Gasteiger charge is -2.38. The lowest BCUT2D eigenvalue weighted by Crippen LogP contribution is -2.55. The average Bonchev–Trinajstić information content (AvgIpc) is 3.21. The highest BCUT2D eigenvalue weighted by Crippen LogP contribution is 2.54. The van der Waals surface area contributed by atoms with Crippen LogP contribution < -0.4 is 9.57 Å². The van der Waals surface area contributed by atoms with Crippen LogP contribution in [0.3, 0.4) is 0 Å². The Morgan fingerprint density at radius 1 is 0.762 bits per heavy atom. The van der Waals surface area contributed by atoms with Crippen molar-refractivity contribution in [2.45, 2.75) is 99.2 Å². The van der Waals surface area contributed by atoms with Crippen LogP contribution in [0.5, 0.6) is 0 Å². The summed E-state index contributed by atoms with van der Waals surface area (Å²) in [5, 5.41) is 2.63. The predicted octanol–water partition coefficient (Wildman–Crippen LogP) is 9.48. The topological polar surface area (TPSA) is 22.3 Å². The van der Waals surface area contributed by atoms with Gasteiger partial charge < -0.3 is 4.74 Å². The first kappa shape index (κ1) is 30.3. The molecule has 0 saturated heterocycles. The second-order valence-corrected chi connectivity index (χ2v) is 14.2. The van der Waals surface area contributed by atoms with Crippen molar-refractivity contribution < 1.29 is 14.3 Å².